The molecule has 0 bridgehead atoms. The van der Waals surface area contributed by atoms with Crippen molar-refractivity contribution in [3.05, 3.63) is 70.2 Å². The smallest absolute Gasteiger partial charge is 0.255 e. The van der Waals surface area contributed by atoms with E-state index in [-0.39, 0.29) is 10.6 Å². The summed E-state index contributed by atoms with van der Waals surface area (Å²) in [7, 11) is -1.79. The van der Waals surface area contributed by atoms with Crippen LogP contribution in [0, 0.1) is 0 Å². The largest absolute Gasteiger partial charge is 0.412 e. The van der Waals surface area contributed by atoms with Crippen molar-refractivity contribution < 1.29 is 4.43 Å². The van der Waals surface area contributed by atoms with Gasteiger partial charge >= 0.3 is 0 Å². The van der Waals surface area contributed by atoms with Crippen LogP contribution in [0.15, 0.2) is 59.8 Å². The summed E-state index contributed by atoms with van der Waals surface area (Å²) in [6, 6.07) is 11.7. The van der Waals surface area contributed by atoms with Gasteiger partial charge in [-0.3, -0.25) is 9.36 Å². The lowest BCUT2D eigenvalue weighted by Gasteiger charge is -2.35. The van der Waals surface area contributed by atoms with E-state index >= 15 is 0 Å². The zero-order valence-corrected chi connectivity index (χ0v) is 24.5. The Morgan fingerprint density at radius 2 is 1.87 bits per heavy atom. The van der Waals surface area contributed by atoms with Crippen molar-refractivity contribution in [2.75, 3.05) is 10.6 Å². The van der Waals surface area contributed by atoms with E-state index in [1.165, 1.54) is 4.88 Å². The Labute approximate surface area is 228 Å². The first-order valence-electron chi connectivity index (χ1n) is 13.1. The first-order chi connectivity index (χ1) is 18.1. The molecule has 0 aromatic carbocycles. The maximum Gasteiger partial charge on any atom is 0.255 e. The number of anilines is 2. The fraction of sp³-hybridized carbons (Fsp3) is 0.429. The summed E-state index contributed by atoms with van der Waals surface area (Å²) in [6.45, 7) is 12.0. The molecule has 38 heavy (non-hydrogen) atoms. The van der Waals surface area contributed by atoms with E-state index in [4.69, 9.17) is 9.41 Å². The monoisotopic (exact) mass is 548 g/mol. The minimum absolute atomic E-state index is 0.0710. The molecule has 1 saturated carbocycles. The van der Waals surface area contributed by atoms with Crippen LogP contribution in [-0.4, -0.2) is 39.9 Å². The third-order valence-electron chi connectivity index (χ3n) is 7.67. The van der Waals surface area contributed by atoms with Crippen LogP contribution in [0.5, 0.6) is 0 Å². The molecule has 10 heteroatoms. The van der Waals surface area contributed by atoms with E-state index in [0.717, 1.165) is 41.0 Å². The second-order valence-electron chi connectivity index (χ2n) is 11.5. The van der Waals surface area contributed by atoms with Crippen LogP contribution in [0.4, 0.5) is 11.8 Å². The zero-order valence-electron chi connectivity index (χ0n) is 22.7. The molecule has 4 aromatic rings. The molecule has 1 fully saturated rings. The van der Waals surface area contributed by atoms with Crippen LogP contribution < -0.4 is 16.2 Å². The van der Waals surface area contributed by atoms with Gasteiger partial charge in [-0.25, -0.2) is 15.0 Å². The quantitative estimate of drug-likeness (QED) is 0.253. The van der Waals surface area contributed by atoms with Gasteiger partial charge in [-0.2, -0.15) is 0 Å². The van der Waals surface area contributed by atoms with Gasteiger partial charge in [0.25, 0.3) is 5.56 Å². The van der Waals surface area contributed by atoms with Crippen molar-refractivity contribution in [3.8, 4) is 5.69 Å². The molecule has 1 aliphatic rings. The van der Waals surface area contributed by atoms with Crippen molar-refractivity contribution in [1.29, 1.82) is 0 Å². The molecule has 5 rings (SSSR count). The second-order valence-corrected chi connectivity index (χ2v) is 17.5. The number of nitrogens with zero attached hydrogens (tertiary/aromatic N) is 4. The lowest BCUT2D eigenvalue weighted by molar-refractivity contribution is 0.279. The highest BCUT2D eigenvalue weighted by Gasteiger charge is 2.37. The molecule has 0 amide bonds. The Morgan fingerprint density at radius 3 is 2.58 bits per heavy atom. The molecule has 4 aromatic heterocycles. The Bertz CT molecular complexity index is 1460. The minimum atomic E-state index is -1.79. The summed E-state index contributed by atoms with van der Waals surface area (Å²) in [4.78, 5) is 27.1. The van der Waals surface area contributed by atoms with E-state index < -0.39 is 8.32 Å². The van der Waals surface area contributed by atoms with Gasteiger partial charge in [0.1, 0.15) is 5.82 Å². The predicted octanol–water partition coefficient (Wildman–Crippen LogP) is 6.20. The van der Waals surface area contributed by atoms with Crippen LogP contribution >= 0.6 is 11.3 Å². The first-order valence-corrected chi connectivity index (χ1v) is 16.9. The summed E-state index contributed by atoms with van der Waals surface area (Å²) in [5, 5.41) is 7.25. The number of thiophene rings is 1. The average Bonchev–Trinajstić information content (AvgIpc) is 3.49. The Kier molecular flexibility index (Phi) is 7.39. The molecule has 2 N–H and O–H groups in total. The molecule has 4 heterocycles. The number of hydrogen-bond acceptors (Lipinski definition) is 8. The molecular formula is C28H36N6O2SSi. The van der Waals surface area contributed by atoms with Gasteiger partial charge < -0.3 is 15.1 Å². The van der Waals surface area contributed by atoms with Crippen LogP contribution in [0.25, 0.3) is 15.9 Å². The van der Waals surface area contributed by atoms with Crippen LogP contribution in [0.1, 0.15) is 44.9 Å². The number of aromatic nitrogens is 4. The molecule has 0 aliphatic heterocycles. The fourth-order valence-corrected chi connectivity index (χ4v) is 6.33. The van der Waals surface area contributed by atoms with Gasteiger partial charge in [-0.1, -0.05) is 26.8 Å². The summed E-state index contributed by atoms with van der Waals surface area (Å²) in [5.74, 6) is 1.49. The first kappa shape index (κ1) is 26.5. The molecule has 0 radical (unpaired) electrons. The molecule has 200 valence electrons. The molecule has 8 nitrogen and oxygen atoms in total. The van der Waals surface area contributed by atoms with E-state index in [1.54, 1.807) is 40.4 Å². The van der Waals surface area contributed by atoms with Crippen molar-refractivity contribution >= 4 is 41.6 Å². The Hall–Kier alpha value is -3.08. The average molecular weight is 549 g/mol. The van der Waals surface area contributed by atoms with Gasteiger partial charge in [0.05, 0.1) is 34.9 Å². The standard InChI is InChI=1S/C28H36N6O2SSi/c1-28(2,3)38(4,5)36-18-22-15-23-24(37-22)17-30-27(33-23)32-20-10-9-19(14-20)31-25-12-11-21(16-29-25)34-13-7-6-8-26(34)35/h6-8,11-13,15-17,19-20H,9-10,14,18H2,1-5H3,(H,29,31)(H,30,32,33)/t19-,20-/m0/s1. The van der Waals surface area contributed by atoms with E-state index in [0.29, 0.717) is 24.6 Å². The Morgan fingerprint density at radius 1 is 1.08 bits per heavy atom. The third-order valence-corrected chi connectivity index (χ3v) is 13.2. The van der Waals surface area contributed by atoms with Crippen molar-refractivity contribution in [2.45, 2.75) is 76.9 Å². The molecule has 0 spiro atoms. The number of hydrogen-bond donors (Lipinski definition) is 2. The third kappa shape index (κ3) is 5.97. The number of nitrogens with one attached hydrogen (secondary N) is 2. The summed E-state index contributed by atoms with van der Waals surface area (Å²) in [6.07, 6.45) is 8.42. The summed E-state index contributed by atoms with van der Waals surface area (Å²) >= 11 is 1.71. The van der Waals surface area contributed by atoms with Gasteiger partial charge in [0.2, 0.25) is 5.95 Å². The minimum Gasteiger partial charge on any atom is -0.412 e. The van der Waals surface area contributed by atoms with Crippen LogP contribution in [0.2, 0.25) is 18.1 Å². The molecule has 1 aliphatic carbocycles. The zero-order chi connectivity index (χ0) is 26.9. The van der Waals surface area contributed by atoms with Crippen LogP contribution in [-0.2, 0) is 11.0 Å². The SMILES string of the molecule is CC(C)(C)[Si](C)(C)OCc1cc2nc(N[C@H]3CC[C@H](Nc4ccc(-n5ccccc5=O)cn4)C3)ncc2s1. The normalized spacial score (nSPS) is 18.1. The molecular weight excluding hydrogens is 513 g/mol. The van der Waals surface area contributed by atoms with Gasteiger partial charge in [-0.15, -0.1) is 11.3 Å². The number of rotatable bonds is 8. The van der Waals surface area contributed by atoms with E-state index in [1.807, 2.05) is 24.4 Å². The van der Waals surface area contributed by atoms with Gasteiger partial charge in [0, 0.05) is 29.2 Å². The fourth-order valence-electron chi connectivity index (χ4n) is 4.39. The highest BCUT2D eigenvalue weighted by molar-refractivity contribution is 7.18. The van der Waals surface area contributed by atoms with E-state index in [2.05, 4.69) is 60.5 Å². The highest BCUT2D eigenvalue weighted by Crippen LogP contribution is 2.38. The van der Waals surface area contributed by atoms with Crippen molar-refractivity contribution in [3.63, 3.8) is 0 Å². The maximum absolute atomic E-state index is 12.0. The Balaban J connectivity index is 1.16. The van der Waals surface area contributed by atoms with Gasteiger partial charge in [-0.05, 0) is 61.7 Å². The predicted molar refractivity (Wildman–Crippen MR) is 158 cm³/mol. The van der Waals surface area contributed by atoms with Crippen molar-refractivity contribution in [1.82, 2.24) is 19.5 Å². The summed E-state index contributed by atoms with van der Waals surface area (Å²) in [5.41, 5.74) is 1.65. The maximum atomic E-state index is 12.0. The van der Waals surface area contributed by atoms with Crippen molar-refractivity contribution in [2.24, 2.45) is 0 Å². The molecule has 2 atom stereocenters. The van der Waals surface area contributed by atoms with Crippen LogP contribution in [0.3, 0.4) is 0 Å². The number of fused-ring (bicyclic) bond motifs is 1. The summed E-state index contributed by atoms with van der Waals surface area (Å²) < 4.78 is 9.07. The van der Waals surface area contributed by atoms with Gasteiger partial charge in [0.15, 0.2) is 8.32 Å². The highest BCUT2D eigenvalue weighted by atomic mass is 32.1. The van der Waals surface area contributed by atoms with E-state index in [9.17, 15) is 4.79 Å². The number of pyridine rings is 2. The molecule has 0 saturated heterocycles. The topological polar surface area (TPSA) is 94.0 Å². The molecule has 0 unspecified atom stereocenters. The lowest BCUT2D eigenvalue weighted by Crippen LogP contribution is -2.40. The lowest BCUT2D eigenvalue weighted by atomic mass is 10.2. The second kappa shape index (κ2) is 10.6.